The molecule has 0 aromatic carbocycles. The van der Waals surface area contributed by atoms with Gasteiger partial charge in [0.15, 0.2) is 0 Å². The van der Waals surface area contributed by atoms with E-state index in [9.17, 15) is 4.79 Å². The van der Waals surface area contributed by atoms with E-state index in [-0.39, 0.29) is 18.0 Å². The van der Waals surface area contributed by atoms with Gasteiger partial charge in [-0.3, -0.25) is 4.79 Å². The van der Waals surface area contributed by atoms with E-state index < -0.39 is 0 Å². The zero-order chi connectivity index (χ0) is 13.5. The maximum absolute atomic E-state index is 12.0. The molecule has 1 aliphatic rings. The summed E-state index contributed by atoms with van der Waals surface area (Å²) in [5.41, 5.74) is 0. The SMILES string of the molecule is CCSC1CCCC1NC(C)C(=O)NC(C)CC. The highest BCUT2D eigenvalue weighted by Crippen LogP contribution is 2.30. The third-order valence-electron chi connectivity index (χ3n) is 3.69. The number of carbonyl (C=O) groups excluding carboxylic acids is 1. The summed E-state index contributed by atoms with van der Waals surface area (Å²) in [5, 5.41) is 7.24. The highest BCUT2D eigenvalue weighted by molar-refractivity contribution is 7.99. The van der Waals surface area contributed by atoms with E-state index in [0.29, 0.717) is 11.3 Å². The number of rotatable bonds is 7. The second-order valence-corrected chi connectivity index (χ2v) is 6.75. The summed E-state index contributed by atoms with van der Waals surface area (Å²) in [6, 6.07) is 0.695. The van der Waals surface area contributed by atoms with Crippen molar-refractivity contribution in [3.8, 4) is 0 Å². The Balaban J connectivity index is 2.38. The number of carbonyl (C=O) groups is 1. The van der Waals surface area contributed by atoms with Gasteiger partial charge in [0.05, 0.1) is 6.04 Å². The van der Waals surface area contributed by atoms with Gasteiger partial charge in [-0.1, -0.05) is 20.3 Å². The Kier molecular flexibility index (Phi) is 7.08. The fraction of sp³-hybridized carbons (Fsp3) is 0.929. The molecule has 1 fully saturated rings. The van der Waals surface area contributed by atoms with Gasteiger partial charge in [-0.15, -0.1) is 0 Å². The van der Waals surface area contributed by atoms with Crippen molar-refractivity contribution in [2.45, 2.75) is 76.8 Å². The molecule has 1 aliphatic carbocycles. The highest BCUT2D eigenvalue weighted by atomic mass is 32.2. The van der Waals surface area contributed by atoms with Gasteiger partial charge in [-0.25, -0.2) is 0 Å². The van der Waals surface area contributed by atoms with Crippen molar-refractivity contribution in [3.63, 3.8) is 0 Å². The van der Waals surface area contributed by atoms with Crippen molar-refractivity contribution in [2.75, 3.05) is 5.75 Å². The standard InChI is InChI=1S/C14H28N2OS/c1-5-10(3)15-14(17)11(4)16-12-8-7-9-13(12)18-6-2/h10-13,16H,5-9H2,1-4H3,(H,15,17). The van der Waals surface area contributed by atoms with Crippen LogP contribution < -0.4 is 10.6 Å². The normalized spacial score (nSPS) is 26.9. The zero-order valence-electron chi connectivity index (χ0n) is 12.2. The van der Waals surface area contributed by atoms with Crippen LogP contribution in [0.2, 0.25) is 0 Å². The molecule has 0 saturated heterocycles. The Morgan fingerprint density at radius 1 is 1.33 bits per heavy atom. The molecule has 0 aliphatic heterocycles. The zero-order valence-corrected chi connectivity index (χ0v) is 13.0. The lowest BCUT2D eigenvalue weighted by Crippen LogP contribution is -2.50. The fourth-order valence-corrected chi connectivity index (χ4v) is 3.61. The van der Waals surface area contributed by atoms with Gasteiger partial charge in [0.1, 0.15) is 0 Å². The van der Waals surface area contributed by atoms with Crippen LogP contribution in [0.4, 0.5) is 0 Å². The molecule has 18 heavy (non-hydrogen) atoms. The summed E-state index contributed by atoms with van der Waals surface area (Å²) >= 11 is 2.02. The Morgan fingerprint density at radius 2 is 2.06 bits per heavy atom. The molecule has 4 heteroatoms. The van der Waals surface area contributed by atoms with Gasteiger partial charge in [0.25, 0.3) is 0 Å². The molecule has 1 amide bonds. The van der Waals surface area contributed by atoms with Gasteiger partial charge >= 0.3 is 0 Å². The molecule has 3 nitrogen and oxygen atoms in total. The first kappa shape index (κ1) is 15.8. The van der Waals surface area contributed by atoms with Crippen molar-refractivity contribution in [1.82, 2.24) is 10.6 Å². The van der Waals surface area contributed by atoms with E-state index in [2.05, 4.69) is 31.4 Å². The molecular weight excluding hydrogens is 244 g/mol. The van der Waals surface area contributed by atoms with Crippen LogP contribution in [0.1, 0.15) is 53.4 Å². The van der Waals surface area contributed by atoms with Crippen molar-refractivity contribution in [1.29, 1.82) is 0 Å². The minimum atomic E-state index is -0.0814. The highest BCUT2D eigenvalue weighted by Gasteiger charge is 2.29. The number of hydrogen-bond acceptors (Lipinski definition) is 3. The Morgan fingerprint density at radius 3 is 2.67 bits per heavy atom. The topological polar surface area (TPSA) is 41.1 Å². The Bertz CT molecular complexity index is 260. The Labute approximate surface area is 116 Å². The quantitative estimate of drug-likeness (QED) is 0.748. The molecule has 0 aromatic rings. The van der Waals surface area contributed by atoms with Crippen LogP contribution in [-0.2, 0) is 4.79 Å². The van der Waals surface area contributed by atoms with Gasteiger partial charge in [0.2, 0.25) is 5.91 Å². The molecule has 0 bridgehead atoms. The molecule has 1 saturated carbocycles. The minimum absolute atomic E-state index is 0.0814. The van der Waals surface area contributed by atoms with Crippen molar-refractivity contribution in [2.24, 2.45) is 0 Å². The third kappa shape index (κ3) is 4.81. The summed E-state index contributed by atoms with van der Waals surface area (Å²) in [6.07, 6.45) is 4.76. The summed E-state index contributed by atoms with van der Waals surface area (Å²) in [7, 11) is 0. The van der Waals surface area contributed by atoms with E-state index in [0.717, 1.165) is 12.2 Å². The predicted octanol–water partition coefficient (Wildman–Crippen LogP) is 2.55. The third-order valence-corrected chi connectivity index (χ3v) is 5.02. The molecule has 1 rings (SSSR count). The molecule has 0 spiro atoms. The second kappa shape index (κ2) is 8.05. The fourth-order valence-electron chi connectivity index (χ4n) is 2.40. The maximum Gasteiger partial charge on any atom is 0.237 e. The summed E-state index contributed by atoms with van der Waals surface area (Å²) in [5.74, 6) is 1.30. The van der Waals surface area contributed by atoms with Crippen LogP contribution in [0, 0.1) is 0 Å². The lowest BCUT2D eigenvalue weighted by atomic mass is 10.2. The second-order valence-electron chi connectivity index (χ2n) is 5.24. The van der Waals surface area contributed by atoms with Crippen molar-refractivity contribution < 1.29 is 4.79 Å². The molecule has 4 unspecified atom stereocenters. The van der Waals surface area contributed by atoms with Crippen LogP contribution in [0.15, 0.2) is 0 Å². The van der Waals surface area contributed by atoms with Gasteiger partial charge in [-0.2, -0.15) is 11.8 Å². The van der Waals surface area contributed by atoms with Crippen molar-refractivity contribution >= 4 is 17.7 Å². The van der Waals surface area contributed by atoms with Crippen LogP contribution in [-0.4, -0.2) is 35.0 Å². The lowest BCUT2D eigenvalue weighted by Gasteiger charge is -2.25. The summed E-state index contributed by atoms with van der Waals surface area (Å²) in [6.45, 7) is 8.33. The monoisotopic (exact) mass is 272 g/mol. The number of hydrogen-bond donors (Lipinski definition) is 2. The molecule has 0 aromatic heterocycles. The van der Waals surface area contributed by atoms with Crippen LogP contribution in [0.25, 0.3) is 0 Å². The van der Waals surface area contributed by atoms with Crippen LogP contribution in [0.5, 0.6) is 0 Å². The average molecular weight is 272 g/mol. The molecule has 106 valence electrons. The van der Waals surface area contributed by atoms with Crippen molar-refractivity contribution in [3.05, 3.63) is 0 Å². The smallest absolute Gasteiger partial charge is 0.237 e. The van der Waals surface area contributed by atoms with Gasteiger partial charge in [-0.05, 0) is 38.9 Å². The number of amides is 1. The van der Waals surface area contributed by atoms with E-state index in [1.165, 1.54) is 19.3 Å². The van der Waals surface area contributed by atoms with E-state index >= 15 is 0 Å². The van der Waals surface area contributed by atoms with E-state index in [1.54, 1.807) is 0 Å². The Hall–Kier alpha value is -0.220. The molecule has 0 radical (unpaired) electrons. The van der Waals surface area contributed by atoms with E-state index in [4.69, 9.17) is 0 Å². The first-order valence-electron chi connectivity index (χ1n) is 7.26. The lowest BCUT2D eigenvalue weighted by molar-refractivity contribution is -0.123. The number of nitrogens with one attached hydrogen (secondary N) is 2. The first-order chi connectivity index (χ1) is 8.58. The van der Waals surface area contributed by atoms with Gasteiger partial charge in [0, 0.05) is 17.3 Å². The summed E-state index contributed by atoms with van der Waals surface area (Å²) < 4.78 is 0. The summed E-state index contributed by atoms with van der Waals surface area (Å²) in [4.78, 5) is 12.0. The van der Waals surface area contributed by atoms with Crippen LogP contribution in [0.3, 0.4) is 0 Å². The molecule has 0 heterocycles. The minimum Gasteiger partial charge on any atom is -0.352 e. The predicted molar refractivity (Wildman–Crippen MR) is 80.1 cm³/mol. The van der Waals surface area contributed by atoms with Crippen LogP contribution >= 0.6 is 11.8 Å². The molecule has 4 atom stereocenters. The largest absolute Gasteiger partial charge is 0.352 e. The van der Waals surface area contributed by atoms with E-state index in [1.807, 2.05) is 18.7 Å². The van der Waals surface area contributed by atoms with Gasteiger partial charge < -0.3 is 10.6 Å². The molecule has 2 N–H and O–H groups in total. The average Bonchev–Trinajstić information content (AvgIpc) is 2.77. The molecular formula is C14H28N2OS. The maximum atomic E-state index is 12.0. The first-order valence-corrected chi connectivity index (χ1v) is 8.31. The number of thioether (sulfide) groups is 1.